The Bertz CT molecular complexity index is 1550. The van der Waals surface area contributed by atoms with E-state index in [2.05, 4.69) is 20.3 Å². The third-order valence-corrected chi connectivity index (χ3v) is 6.93. The van der Waals surface area contributed by atoms with Crippen LogP contribution in [0.15, 0.2) is 61.1 Å². The Morgan fingerprint density at radius 2 is 1.95 bits per heavy atom. The largest absolute Gasteiger partial charge is 0.457 e. The number of hydrogen-bond acceptors (Lipinski definition) is 9. The highest BCUT2D eigenvalue weighted by Crippen LogP contribution is 2.32. The van der Waals surface area contributed by atoms with Crippen molar-refractivity contribution in [1.82, 2.24) is 15.0 Å². The second kappa shape index (κ2) is 11.1. The molecule has 2 N–H and O–H groups in total. The lowest BCUT2D eigenvalue weighted by atomic mass is 10.0. The highest BCUT2D eigenvalue weighted by atomic mass is 35.5. The minimum absolute atomic E-state index is 0.0182. The molecule has 1 aliphatic heterocycles. The molecule has 4 aromatic rings. The average Bonchev–Trinajstić information content (AvgIpc) is 3.34. The maximum Gasteiger partial charge on any atom is 0.264 e. The van der Waals surface area contributed by atoms with Crippen molar-refractivity contribution in [2.75, 3.05) is 24.8 Å². The molecule has 0 saturated carbocycles. The lowest BCUT2D eigenvalue weighted by molar-refractivity contribution is -0.0150. The van der Waals surface area contributed by atoms with Crippen molar-refractivity contribution in [3.05, 3.63) is 77.2 Å². The molecule has 10 nitrogen and oxygen atoms in total. The molecule has 0 amide bonds. The van der Waals surface area contributed by atoms with Gasteiger partial charge in [0.2, 0.25) is 0 Å². The van der Waals surface area contributed by atoms with Crippen molar-refractivity contribution in [3.8, 4) is 11.5 Å². The summed E-state index contributed by atoms with van der Waals surface area (Å²) in [4.78, 5) is 25.2. The van der Waals surface area contributed by atoms with E-state index in [1.54, 1.807) is 24.4 Å². The number of fused-ring (bicyclic) bond motifs is 1. The van der Waals surface area contributed by atoms with E-state index in [4.69, 9.17) is 25.3 Å². The van der Waals surface area contributed by atoms with Gasteiger partial charge in [-0.2, -0.15) is 8.42 Å². The molecule has 198 valence electrons. The molecule has 2 atom stereocenters. The van der Waals surface area contributed by atoms with E-state index < -0.39 is 10.1 Å². The molecule has 0 radical (unpaired) electrons. The number of H-pyrrole nitrogens is 1. The lowest BCUT2D eigenvalue weighted by Crippen LogP contribution is -2.37. The van der Waals surface area contributed by atoms with E-state index in [1.807, 2.05) is 30.3 Å². The summed E-state index contributed by atoms with van der Waals surface area (Å²) in [6.07, 6.45) is 5.00. The number of aromatic nitrogens is 3. The maximum absolute atomic E-state index is 13.5. The van der Waals surface area contributed by atoms with Crippen molar-refractivity contribution < 1.29 is 26.9 Å². The van der Waals surface area contributed by atoms with Crippen LogP contribution in [0, 0.1) is 0 Å². The zero-order chi connectivity index (χ0) is 26.7. The van der Waals surface area contributed by atoms with Gasteiger partial charge in [-0.05, 0) is 37.1 Å². The van der Waals surface area contributed by atoms with Crippen LogP contribution >= 0.6 is 11.6 Å². The standard InChI is InChI=1S/C26H25ClN4O6S/c1-38(33,34)36-14-19-8-7-16(13-35-19)31-26-23-21(12-28-25(23)29-15-30-26)24(32)20-10-9-18(11-22(20)27)37-17-5-3-2-4-6-17/h2-6,9-12,15-16,19H,7-8,13-14H2,1H3,(H2,28,29,30,31)/t16-,19+/m1/s1. The summed E-state index contributed by atoms with van der Waals surface area (Å²) in [6, 6.07) is 14.1. The number of aromatic amines is 1. The van der Waals surface area contributed by atoms with Gasteiger partial charge in [0, 0.05) is 17.8 Å². The molecule has 0 aliphatic carbocycles. The van der Waals surface area contributed by atoms with Gasteiger partial charge in [0.15, 0.2) is 5.78 Å². The predicted molar refractivity (Wildman–Crippen MR) is 142 cm³/mol. The monoisotopic (exact) mass is 556 g/mol. The first-order valence-corrected chi connectivity index (χ1v) is 14.1. The quantitative estimate of drug-likeness (QED) is 0.225. The Kier molecular flexibility index (Phi) is 7.61. The van der Waals surface area contributed by atoms with Gasteiger partial charge in [0.05, 0.1) is 47.6 Å². The SMILES string of the molecule is CS(=O)(=O)OC[C@@H]1CC[C@@H](Nc2ncnc3[nH]cc(C(=O)c4ccc(Oc5ccccc5)cc4Cl)c23)CO1. The van der Waals surface area contributed by atoms with E-state index >= 15 is 0 Å². The van der Waals surface area contributed by atoms with Crippen molar-refractivity contribution >= 4 is 44.4 Å². The van der Waals surface area contributed by atoms with E-state index in [0.29, 0.717) is 58.9 Å². The van der Waals surface area contributed by atoms with E-state index in [1.165, 1.54) is 6.33 Å². The van der Waals surface area contributed by atoms with Gasteiger partial charge in [-0.3, -0.25) is 8.98 Å². The van der Waals surface area contributed by atoms with Gasteiger partial charge < -0.3 is 19.8 Å². The second-order valence-corrected chi connectivity index (χ2v) is 10.9. The second-order valence-electron chi connectivity index (χ2n) is 8.90. The first-order valence-electron chi connectivity index (χ1n) is 11.9. The molecule has 12 heteroatoms. The van der Waals surface area contributed by atoms with Gasteiger partial charge >= 0.3 is 0 Å². The van der Waals surface area contributed by atoms with Crippen LogP contribution in [0.5, 0.6) is 11.5 Å². The number of carbonyl (C=O) groups excluding carboxylic acids is 1. The molecule has 1 aliphatic rings. The van der Waals surface area contributed by atoms with Crippen LogP contribution in [0.25, 0.3) is 11.0 Å². The number of halogens is 1. The molecule has 1 fully saturated rings. The Balaban J connectivity index is 1.32. The number of ether oxygens (including phenoxy) is 2. The smallest absolute Gasteiger partial charge is 0.264 e. The van der Waals surface area contributed by atoms with E-state index in [-0.39, 0.29) is 29.6 Å². The van der Waals surface area contributed by atoms with Gasteiger partial charge in [-0.25, -0.2) is 9.97 Å². The number of para-hydroxylation sites is 1. The number of nitrogens with one attached hydrogen (secondary N) is 2. The minimum atomic E-state index is -3.52. The summed E-state index contributed by atoms with van der Waals surface area (Å²) in [5.74, 6) is 1.37. The molecular formula is C26H25ClN4O6S. The molecule has 1 saturated heterocycles. The molecule has 2 aromatic heterocycles. The number of rotatable bonds is 9. The number of anilines is 1. The third-order valence-electron chi connectivity index (χ3n) is 6.06. The fourth-order valence-electron chi connectivity index (χ4n) is 4.21. The Morgan fingerprint density at radius 1 is 1.13 bits per heavy atom. The first kappa shape index (κ1) is 26.1. The number of benzene rings is 2. The number of hydrogen-bond donors (Lipinski definition) is 2. The predicted octanol–water partition coefficient (Wildman–Crippen LogP) is 4.57. The van der Waals surface area contributed by atoms with E-state index in [9.17, 15) is 13.2 Å². The molecule has 3 heterocycles. The minimum Gasteiger partial charge on any atom is -0.457 e. The Morgan fingerprint density at radius 3 is 2.66 bits per heavy atom. The summed E-state index contributed by atoms with van der Waals surface area (Å²) in [7, 11) is -3.52. The summed E-state index contributed by atoms with van der Waals surface area (Å²) in [5.41, 5.74) is 1.19. The first-order chi connectivity index (χ1) is 18.3. The van der Waals surface area contributed by atoms with E-state index in [0.717, 1.165) is 6.26 Å². The number of ketones is 1. The topological polar surface area (TPSA) is 132 Å². The number of nitrogens with zero attached hydrogens (tertiary/aromatic N) is 2. The van der Waals surface area contributed by atoms with Crippen LogP contribution in [0.2, 0.25) is 5.02 Å². The average molecular weight is 557 g/mol. The van der Waals surface area contributed by atoms with Crippen LogP contribution in [-0.4, -0.2) is 60.8 Å². The third kappa shape index (κ3) is 6.13. The van der Waals surface area contributed by atoms with Crippen molar-refractivity contribution in [3.63, 3.8) is 0 Å². The van der Waals surface area contributed by atoms with Gasteiger partial charge in [0.25, 0.3) is 10.1 Å². The van der Waals surface area contributed by atoms with Crippen molar-refractivity contribution in [2.24, 2.45) is 0 Å². The Hall–Kier alpha value is -3.51. The van der Waals surface area contributed by atoms with Crippen LogP contribution in [-0.2, 0) is 19.0 Å². The fourth-order valence-corrected chi connectivity index (χ4v) is 4.86. The molecular weight excluding hydrogens is 532 g/mol. The molecule has 0 bridgehead atoms. The van der Waals surface area contributed by atoms with Crippen LogP contribution < -0.4 is 10.1 Å². The normalized spacial score (nSPS) is 17.8. The van der Waals surface area contributed by atoms with Crippen LogP contribution in [0.4, 0.5) is 5.82 Å². The summed E-state index contributed by atoms with van der Waals surface area (Å²) >= 11 is 6.50. The molecule has 0 spiro atoms. The highest BCUT2D eigenvalue weighted by Gasteiger charge is 2.26. The van der Waals surface area contributed by atoms with Gasteiger partial charge in [0.1, 0.15) is 29.3 Å². The Labute approximate surface area is 224 Å². The zero-order valence-electron chi connectivity index (χ0n) is 20.4. The lowest BCUT2D eigenvalue weighted by Gasteiger charge is -2.29. The summed E-state index contributed by atoms with van der Waals surface area (Å²) < 4.78 is 38.9. The molecule has 5 rings (SSSR count). The van der Waals surface area contributed by atoms with Crippen molar-refractivity contribution in [1.29, 1.82) is 0 Å². The maximum atomic E-state index is 13.5. The van der Waals surface area contributed by atoms with Gasteiger partial charge in [-0.15, -0.1) is 0 Å². The molecule has 2 aromatic carbocycles. The van der Waals surface area contributed by atoms with Crippen molar-refractivity contribution in [2.45, 2.75) is 25.0 Å². The highest BCUT2D eigenvalue weighted by molar-refractivity contribution is 7.85. The summed E-state index contributed by atoms with van der Waals surface area (Å²) in [6.45, 7) is 0.307. The molecule has 38 heavy (non-hydrogen) atoms. The summed E-state index contributed by atoms with van der Waals surface area (Å²) in [5, 5.41) is 4.14. The van der Waals surface area contributed by atoms with Gasteiger partial charge in [-0.1, -0.05) is 29.8 Å². The molecule has 0 unspecified atom stereocenters. The fraction of sp³-hybridized carbons (Fsp3) is 0.269. The zero-order valence-corrected chi connectivity index (χ0v) is 22.0. The van der Waals surface area contributed by atoms with Crippen LogP contribution in [0.3, 0.4) is 0 Å². The number of carbonyl (C=O) groups is 1. The van der Waals surface area contributed by atoms with Crippen LogP contribution in [0.1, 0.15) is 28.8 Å².